The molecule has 4 aromatic rings. The molecule has 1 amide bonds. The Morgan fingerprint density at radius 1 is 1.25 bits per heavy atom. The van der Waals surface area contributed by atoms with Crippen LogP contribution in [0.2, 0.25) is 0 Å². The molecule has 0 spiro atoms. The van der Waals surface area contributed by atoms with Crippen LogP contribution in [0.3, 0.4) is 0 Å². The first-order valence-corrected chi connectivity index (χ1v) is 9.87. The van der Waals surface area contributed by atoms with Crippen LogP contribution in [0.4, 0.5) is 5.13 Å². The van der Waals surface area contributed by atoms with Crippen LogP contribution in [-0.2, 0) is 6.54 Å². The first-order valence-electron chi connectivity index (χ1n) is 8.99. The molecule has 0 saturated heterocycles. The fourth-order valence-electron chi connectivity index (χ4n) is 3.16. The maximum absolute atomic E-state index is 12.5. The summed E-state index contributed by atoms with van der Waals surface area (Å²) in [5, 5.41) is 10.4. The topological polar surface area (TPSA) is 92.7 Å². The molecule has 28 heavy (non-hydrogen) atoms. The number of carbonyl (C=O) groups excluding carboxylic acids is 1. The minimum absolute atomic E-state index is 0.188. The molecule has 0 unspecified atom stereocenters. The van der Waals surface area contributed by atoms with Gasteiger partial charge in [0.2, 0.25) is 0 Å². The summed E-state index contributed by atoms with van der Waals surface area (Å²) >= 11 is 1.35. The predicted molar refractivity (Wildman–Crippen MR) is 111 cm³/mol. The third kappa shape index (κ3) is 3.34. The minimum Gasteiger partial charge on any atom is -0.358 e. The van der Waals surface area contributed by atoms with Gasteiger partial charge < -0.3 is 4.98 Å². The lowest BCUT2D eigenvalue weighted by Gasteiger charge is -2.05. The van der Waals surface area contributed by atoms with Gasteiger partial charge in [-0.2, -0.15) is 5.10 Å². The quantitative estimate of drug-likeness (QED) is 0.539. The highest BCUT2D eigenvalue weighted by Crippen LogP contribution is 2.33. The number of hydrogen-bond acceptors (Lipinski definition) is 5. The molecule has 0 fully saturated rings. The number of benzene rings is 1. The largest absolute Gasteiger partial charge is 0.358 e. The van der Waals surface area contributed by atoms with Crippen LogP contribution in [0.5, 0.6) is 0 Å². The van der Waals surface area contributed by atoms with Crippen molar-refractivity contribution in [1.82, 2.24) is 19.7 Å². The van der Waals surface area contributed by atoms with Crippen LogP contribution in [0, 0.1) is 6.92 Å². The Labute approximate surface area is 165 Å². The number of carbonyl (C=O) groups is 1. The predicted octanol–water partition coefficient (Wildman–Crippen LogP) is 3.82. The lowest BCUT2D eigenvalue weighted by Crippen LogP contribution is -2.26. The molecule has 0 radical (unpaired) electrons. The summed E-state index contributed by atoms with van der Waals surface area (Å²) in [5.74, 6) is -0.388. The number of amides is 1. The standard InChI is InChI=1S/C20H19N5O2S/c1-3-10-25-17(26)9-8-15(24-25)19(27)23-20-22-16(11-28-20)18-12(2)21-14-7-5-4-6-13(14)18/h4-9,11,21H,3,10H2,1-2H3,(H,22,23,27). The molecule has 0 aliphatic rings. The van der Waals surface area contributed by atoms with E-state index in [1.54, 1.807) is 0 Å². The van der Waals surface area contributed by atoms with E-state index in [1.807, 2.05) is 43.5 Å². The Bertz CT molecular complexity index is 1220. The Balaban J connectivity index is 1.60. The van der Waals surface area contributed by atoms with Crippen molar-refractivity contribution in [3.05, 3.63) is 63.5 Å². The van der Waals surface area contributed by atoms with Gasteiger partial charge in [0.05, 0.1) is 5.69 Å². The third-order valence-electron chi connectivity index (χ3n) is 4.41. The first-order chi connectivity index (χ1) is 13.6. The number of aryl methyl sites for hydroxylation is 2. The van der Waals surface area contributed by atoms with Crippen molar-refractivity contribution >= 4 is 33.3 Å². The normalized spacial score (nSPS) is 11.1. The smallest absolute Gasteiger partial charge is 0.277 e. The van der Waals surface area contributed by atoms with Gasteiger partial charge in [0.1, 0.15) is 5.69 Å². The molecule has 0 saturated carbocycles. The number of aromatic nitrogens is 4. The van der Waals surface area contributed by atoms with E-state index < -0.39 is 0 Å². The van der Waals surface area contributed by atoms with Gasteiger partial charge in [-0.05, 0) is 25.5 Å². The molecule has 0 aliphatic heterocycles. The monoisotopic (exact) mass is 393 g/mol. The zero-order chi connectivity index (χ0) is 19.7. The van der Waals surface area contributed by atoms with Crippen LogP contribution in [0.1, 0.15) is 29.5 Å². The molecule has 0 bridgehead atoms. The number of para-hydroxylation sites is 1. The van der Waals surface area contributed by atoms with Gasteiger partial charge in [0.25, 0.3) is 11.5 Å². The number of nitrogens with zero attached hydrogens (tertiary/aromatic N) is 3. The van der Waals surface area contributed by atoms with Crippen LogP contribution in [0.15, 0.2) is 46.6 Å². The second-order valence-corrected chi connectivity index (χ2v) is 7.30. The average molecular weight is 393 g/mol. The van der Waals surface area contributed by atoms with Crippen molar-refractivity contribution in [3.63, 3.8) is 0 Å². The Morgan fingerprint density at radius 3 is 2.89 bits per heavy atom. The second-order valence-electron chi connectivity index (χ2n) is 6.44. The Hall–Kier alpha value is -3.26. The van der Waals surface area contributed by atoms with Crippen LogP contribution < -0.4 is 10.9 Å². The number of thiazole rings is 1. The third-order valence-corrected chi connectivity index (χ3v) is 5.17. The Morgan fingerprint density at radius 2 is 2.07 bits per heavy atom. The number of nitrogens with one attached hydrogen (secondary N) is 2. The summed E-state index contributed by atoms with van der Waals surface area (Å²) in [4.78, 5) is 32.2. The van der Waals surface area contributed by atoms with Gasteiger partial charge in [-0.25, -0.2) is 9.67 Å². The summed E-state index contributed by atoms with van der Waals surface area (Å²) in [6.07, 6.45) is 0.762. The highest BCUT2D eigenvalue weighted by atomic mass is 32.1. The fourth-order valence-corrected chi connectivity index (χ4v) is 3.85. The molecular weight excluding hydrogens is 374 g/mol. The SMILES string of the molecule is CCCn1nc(C(=O)Nc2nc(-c3c(C)[nH]c4ccccc34)cs2)ccc1=O. The molecule has 2 N–H and O–H groups in total. The van der Waals surface area contributed by atoms with Gasteiger partial charge in [-0.15, -0.1) is 11.3 Å². The zero-order valence-corrected chi connectivity index (χ0v) is 16.3. The van der Waals surface area contributed by atoms with Crippen LogP contribution in [-0.4, -0.2) is 25.7 Å². The van der Waals surface area contributed by atoms with Crippen LogP contribution >= 0.6 is 11.3 Å². The number of fused-ring (bicyclic) bond motifs is 1. The number of rotatable bonds is 5. The first kappa shape index (κ1) is 18.1. The van der Waals surface area contributed by atoms with Gasteiger partial charge >= 0.3 is 0 Å². The van der Waals surface area contributed by atoms with E-state index in [0.717, 1.165) is 34.3 Å². The molecule has 8 heteroatoms. The summed E-state index contributed by atoms with van der Waals surface area (Å²) in [6.45, 7) is 4.43. The number of aromatic amines is 1. The molecule has 7 nitrogen and oxygen atoms in total. The van der Waals surface area contributed by atoms with Gasteiger partial charge in [-0.3, -0.25) is 14.9 Å². The molecule has 0 atom stereocenters. The van der Waals surface area contributed by atoms with E-state index in [2.05, 4.69) is 20.4 Å². The molecule has 1 aromatic carbocycles. The van der Waals surface area contributed by atoms with E-state index >= 15 is 0 Å². The maximum Gasteiger partial charge on any atom is 0.277 e. The van der Waals surface area contributed by atoms with Crippen LogP contribution in [0.25, 0.3) is 22.2 Å². The van der Waals surface area contributed by atoms with E-state index in [9.17, 15) is 9.59 Å². The Kier molecular flexibility index (Phi) is 4.79. The van der Waals surface area contributed by atoms with Crippen molar-refractivity contribution in [2.75, 3.05) is 5.32 Å². The minimum atomic E-state index is -0.388. The molecule has 3 aromatic heterocycles. The van der Waals surface area contributed by atoms with Crippen molar-refractivity contribution in [3.8, 4) is 11.3 Å². The summed E-state index contributed by atoms with van der Waals surface area (Å²) in [7, 11) is 0. The fraction of sp³-hybridized carbons (Fsp3) is 0.200. The molecule has 4 rings (SSSR count). The second kappa shape index (κ2) is 7.40. The van der Waals surface area contributed by atoms with E-state index in [4.69, 9.17) is 0 Å². The zero-order valence-electron chi connectivity index (χ0n) is 15.5. The highest BCUT2D eigenvalue weighted by Gasteiger charge is 2.16. The number of anilines is 1. The van der Waals surface area contributed by atoms with Crippen molar-refractivity contribution in [2.45, 2.75) is 26.8 Å². The van der Waals surface area contributed by atoms with E-state index in [1.165, 1.54) is 28.2 Å². The molecule has 3 heterocycles. The molecule has 0 aliphatic carbocycles. The van der Waals surface area contributed by atoms with Crippen molar-refractivity contribution in [1.29, 1.82) is 0 Å². The van der Waals surface area contributed by atoms with Gasteiger partial charge in [-0.1, -0.05) is 25.1 Å². The summed E-state index contributed by atoms with van der Waals surface area (Å²) < 4.78 is 1.30. The van der Waals surface area contributed by atoms with Crippen molar-refractivity contribution < 1.29 is 4.79 Å². The van der Waals surface area contributed by atoms with Gasteiger partial charge in [0, 0.05) is 40.2 Å². The summed E-state index contributed by atoms with van der Waals surface area (Å²) in [5.41, 5.74) is 3.88. The lowest BCUT2D eigenvalue weighted by molar-refractivity contribution is 0.101. The summed E-state index contributed by atoms with van der Waals surface area (Å²) in [6, 6.07) is 10.8. The molecule has 142 valence electrons. The lowest BCUT2D eigenvalue weighted by atomic mass is 10.1. The number of hydrogen-bond donors (Lipinski definition) is 2. The van der Waals surface area contributed by atoms with Gasteiger partial charge in [0.15, 0.2) is 5.13 Å². The van der Waals surface area contributed by atoms with E-state index in [0.29, 0.717) is 11.7 Å². The number of H-pyrrole nitrogens is 1. The van der Waals surface area contributed by atoms with Crippen molar-refractivity contribution in [2.24, 2.45) is 0 Å². The average Bonchev–Trinajstić information content (AvgIpc) is 3.26. The maximum atomic E-state index is 12.5. The highest BCUT2D eigenvalue weighted by molar-refractivity contribution is 7.14. The molecular formula is C20H19N5O2S. The van der Waals surface area contributed by atoms with E-state index in [-0.39, 0.29) is 17.2 Å².